The van der Waals surface area contributed by atoms with Gasteiger partial charge in [-0.1, -0.05) is 6.07 Å². The van der Waals surface area contributed by atoms with Gasteiger partial charge >= 0.3 is 0 Å². The Bertz CT molecular complexity index is 1350. The second kappa shape index (κ2) is 6.72. The first-order chi connectivity index (χ1) is 15.4. The number of fused-ring (bicyclic) bond motifs is 3. The topological polar surface area (TPSA) is 117 Å². The van der Waals surface area contributed by atoms with E-state index in [2.05, 4.69) is 20.2 Å². The van der Waals surface area contributed by atoms with Crippen molar-refractivity contribution >= 4 is 33.7 Å². The third-order valence-electron chi connectivity index (χ3n) is 6.51. The SMILES string of the molecule is Nc1nc2cc(-c3cc[nH]n3)ccc2c2[nH]c([C@@H]3CCCN(C(=O)C4CC4(F)F)C3)nc12. The third-order valence-corrected chi connectivity index (χ3v) is 6.51. The molecule has 1 aromatic carbocycles. The number of rotatable bonds is 3. The molecule has 4 heterocycles. The highest BCUT2D eigenvalue weighted by Gasteiger charge is 2.62. The number of halogens is 2. The summed E-state index contributed by atoms with van der Waals surface area (Å²) in [6.45, 7) is 0.880. The van der Waals surface area contributed by atoms with Crippen LogP contribution in [0.2, 0.25) is 0 Å². The molecule has 1 unspecified atom stereocenters. The standard InChI is InChI=1S/C22H21F2N7O/c23-22(24)9-14(22)21(32)31-7-1-2-12(10-31)20-28-17-13-4-3-11(15-5-6-26-30-15)8-16(13)27-19(25)18(17)29-20/h3-6,8,12,14H,1-2,7,9-10H2,(H2,25,27)(H,26,30)(H,28,29)/t12-,14?/m1/s1. The highest BCUT2D eigenvalue weighted by Crippen LogP contribution is 2.50. The summed E-state index contributed by atoms with van der Waals surface area (Å²) in [5, 5.41) is 7.89. The van der Waals surface area contributed by atoms with Crippen LogP contribution in [-0.2, 0) is 4.79 Å². The normalized spacial score (nSPS) is 22.5. The van der Waals surface area contributed by atoms with Crippen molar-refractivity contribution in [2.45, 2.75) is 31.1 Å². The molecule has 1 saturated carbocycles. The highest BCUT2D eigenvalue weighted by molar-refractivity contribution is 6.07. The van der Waals surface area contributed by atoms with Crippen LogP contribution in [0.25, 0.3) is 33.2 Å². The third kappa shape index (κ3) is 3.01. The zero-order chi connectivity index (χ0) is 22.0. The quantitative estimate of drug-likeness (QED) is 0.454. The number of hydrogen-bond acceptors (Lipinski definition) is 5. The molecule has 164 valence electrons. The van der Waals surface area contributed by atoms with Crippen LogP contribution >= 0.6 is 0 Å². The number of imidazole rings is 1. The first-order valence-electron chi connectivity index (χ1n) is 10.7. The number of pyridine rings is 1. The maximum atomic E-state index is 13.4. The van der Waals surface area contributed by atoms with Crippen molar-refractivity contribution in [3.8, 4) is 11.3 Å². The van der Waals surface area contributed by atoms with E-state index in [-0.39, 0.29) is 12.3 Å². The Morgan fingerprint density at radius 2 is 2.09 bits per heavy atom. The van der Waals surface area contributed by atoms with Crippen LogP contribution in [0.5, 0.6) is 0 Å². The van der Waals surface area contributed by atoms with E-state index >= 15 is 0 Å². The van der Waals surface area contributed by atoms with Gasteiger partial charge in [0.05, 0.1) is 16.7 Å². The molecule has 2 atom stereocenters. The number of likely N-dealkylation sites (tertiary alicyclic amines) is 1. The van der Waals surface area contributed by atoms with Gasteiger partial charge in [-0.25, -0.2) is 18.7 Å². The van der Waals surface area contributed by atoms with Gasteiger partial charge < -0.3 is 15.6 Å². The van der Waals surface area contributed by atoms with E-state index < -0.39 is 17.7 Å². The van der Waals surface area contributed by atoms with Crippen LogP contribution in [-0.4, -0.2) is 55.0 Å². The molecule has 1 amide bonds. The van der Waals surface area contributed by atoms with Gasteiger partial charge in [-0.2, -0.15) is 5.10 Å². The molecular formula is C22H21F2N7O. The fraction of sp³-hybridized carbons (Fsp3) is 0.364. The van der Waals surface area contributed by atoms with Crippen molar-refractivity contribution in [2.75, 3.05) is 18.8 Å². The largest absolute Gasteiger partial charge is 0.382 e. The molecule has 0 radical (unpaired) electrons. The van der Waals surface area contributed by atoms with E-state index in [1.165, 1.54) is 0 Å². The molecule has 8 nitrogen and oxygen atoms in total. The Kier molecular flexibility index (Phi) is 4.02. The lowest BCUT2D eigenvalue weighted by molar-refractivity contribution is -0.136. The van der Waals surface area contributed by atoms with E-state index in [0.717, 1.165) is 40.5 Å². The Morgan fingerprint density at radius 1 is 1.25 bits per heavy atom. The number of piperidine rings is 1. The number of nitrogens with one attached hydrogen (secondary N) is 2. The van der Waals surface area contributed by atoms with Crippen LogP contribution in [0, 0.1) is 5.92 Å². The van der Waals surface area contributed by atoms with Gasteiger partial charge in [0.25, 0.3) is 5.92 Å². The molecule has 2 aliphatic rings. The average molecular weight is 437 g/mol. The monoisotopic (exact) mass is 437 g/mol. The summed E-state index contributed by atoms with van der Waals surface area (Å²) < 4.78 is 26.8. The second-order valence-corrected chi connectivity index (χ2v) is 8.68. The Balaban J connectivity index is 1.34. The number of H-pyrrole nitrogens is 2. The van der Waals surface area contributed by atoms with E-state index in [9.17, 15) is 13.6 Å². The van der Waals surface area contributed by atoms with Gasteiger partial charge in [-0.05, 0) is 31.0 Å². The minimum atomic E-state index is -2.85. The van der Waals surface area contributed by atoms with Gasteiger partial charge in [0, 0.05) is 42.6 Å². The molecule has 3 aromatic heterocycles. The van der Waals surface area contributed by atoms with E-state index in [1.807, 2.05) is 24.3 Å². The van der Waals surface area contributed by atoms with Crippen molar-refractivity contribution < 1.29 is 13.6 Å². The zero-order valence-corrected chi connectivity index (χ0v) is 17.1. The Hall–Kier alpha value is -3.56. The van der Waals surface area contributed by atoms with E-state index in [0.29, 0.717) is 30.2 Å². The minimum absolute atomic E-state index is 0.0646. The first kappa shape index (κ1) is 19.1. The minimum Gasteiger partial charge on any atom is -0.382 e. The molecule has 1 aliphatic heterocycles. The van der Waals surface area contributed by atoms with Crippen molar-refractivity contribution in [1.82, 2.24) is 30.0 Å². The van der Waals surface area contributed by atoms with Crippen molar-refractivity contribution in [3.05, 3.63) is 36.3 Å². The number of benzene rings is 1. The molecule has 0 spiro atoms. The van der Waals surface area contributed by atoms with Crippen LogP contribution in [0.3, 0.4) is 0 Å². The summed E-state index contributed by atoms with van der Waals surface area (Å²) in [4.78, 5) is 26.6. The lowest BCUT2D eigenvalue weighted by atomic mass is 9.97. The molecule has 10 heteroatoms. The molecule has 4 N–H and O–H groups in total. The number of aromatic nitrogens is 5. The lowest BCUT2D eigenvalue weighted by Crippen LogP contribution is -2.41. The molecule has 1 saturated heterocycles. The van der Waals surface area contributed by atoms with Crippen LogP contribution < -0.4 is 5.73 Å². The van der Waals surface area contributed by atoms with Gasteiger partial charge in [0.15, 0.2) is 5.82 Å². The van der Waals surface area contributed by atoms with Gasteiger partial charge in [-0.15, -0.1) is 0 Å². The Morgan fingerprint density at radius 3 is 2.84 bits per heavy atom. The number of carbonyl (C=O) groups is 1. The van der Waals surface area contributed by atoms with Gasteiger partial charge in [-0.3, -0.25) is 9.89 Å². The number of nitrogen functional groups attached to an aromatic ring is 1. The summed E-state index contributed by atoms with van der Waals surface area (Å²) in [6.07, 6.45) is 2.98. The highest BCUT2D eigenvalue weighted by atomic mass is 19.3. The summed E-state index contributed by atoms with van der Waals surface area (Å²) in [5.41, 5.74) is 10.0. The molecule has 4 aromatic rings. The molecule has 2 fully saturated rings. The van der Waals surface area contributed by atoms with Crippen LogP contribution in [0.15, 0.2) is 30.5 Å². The molecule has 6 rings (SSSR count). The number of aromatic amines is 2. The van der Waals surface area contributed by atoms with Crippen LogP contribution in [0.4, 0.5) is 14.6 Å². The van der Waals surface area contributed by atoms with Crippen LogP contribution in [0.1, 0.15) is 31.0 Å². The fourth-order valence-corrected chi connectivity index (χ4v) is 4.67. The fourth-order valence-electron chi connectivity index (χ4n) is 4.67. The zero-order valence-electron chi connectivity index (χ0n) is 17.1. The summed E-state index contributed by atoms with van der Waals surface area (Å²) in [5.74, 6) is -3.51. The number of amides is 1. The predicted molar refractivity (Wildman–Crippen MR) is 115 cm³/mol. The summed E-state index contributed by atoms with van der Waals surface area (Å²) >= 11 is 0. The number of nitrogens with zero attached hydrogens (tertiary/aromatic N) is 4. The number of nitrogens with two attached hydrogens (primary N) is 1. The Labute approximate surface area is 181 Å². The van der Waals surface area contributed by atoms with Crippen molar-refractivity contribution in [2.24, 2.45) is 5.92 Å². The molecule has 0 bridgehead atoms. The number of anilines is 1. The number of carbonyl (C=O) groups excluding carboxylic acids is 1. The van der Waals surface area contributed by atoms with Gasteiger partial charge in [0.2, 0.25) is 5.91 Å². The second-order valence-electron chi connectivity index (χ2n) is 8.68. The van der Waals surface area contributed by atoms with E-state index in [4.69, 9.17) is 10.7 Å². The summed E-state index contributed by atoms with van der Waals surface area (Å²) in [6, 6.07) is 7.73. The van der Waals surface area contributed by atoms with E-state index in [1.54, 1.807) is 11.1 Å². The number of hydrogen-bond donors (Lipinski definition) is 3. The number of alkyl halides is 2. The lowest BCUT2D eigenvalue weighted by Gasteiger charge is -2.32. The molecule has 32 heavy (non-hydrogen) atoms. The summed E-state index contributed by atoms with van der Waals surface area (Å²) in [7, 11) is 0. The van der Waals surface area contributed by atoms with Crippen molar-refractivity contribution in [3.63, 3.8) is 0 Å². The maximum Gasteiger partial charge on any atom is 0.260 e. The first-order valence-corrected chi connectivity index (χ1v) is 10.7. The molecular weight excluding hydrogens is 416 g/mol. The maximum absolute atomic E-state index is 13.4. The van der Waals surface area contributed by atoms with Crippen molar-refractivity contribution in [1.29, 1.82) is 0 Å². The average Bonchev–Trinajstić information content (AvgIpc) is 3.21. The van der Waals surface area contributed by atoms with Gasteiger partial charge in [0.1, 0.15) is 17.3 Å². The predicted octanol–water partition coefficient (Wildman–Crippen LogP) is 3.44. The smallest absolute Gasteiger partial charge is 0.260 e. The molecule has 1 aliphatic carbocycles.